The van der Waals surface area contributed by atoms with Gasteiger partial charge < -0.3 is 9.72 Å². The van der Waals surface area contributed by atoms with Crippen LogP contribution in [-0.2, 0) is 0 Å². The number of halogens is 1. The SMILES string of the molecule is Clc1ccc(Oc2ncnc3c2[nH]c2ccccc23)cc1. The molecule has 4 rings (SSSR count). The number of fused-ring (bicyclic) bond motifs is 3. The van der Waals surface area contributed by atoms with Crippen LogP contribution in [-0.4, -0.2) is 15.0 Å². The van der Waals surface area contributed by atoms with Gasteiger partial charge >= 0.3 is 0 Å². The van der Waals surface area contributed by atoms with Gasteiger partial charge in [-0.15, -0.1) is 0 Å². The van der Waals surface area contributed by atoms with Crippen molar-refractivity contribution in [1.29, 1.82) is 0 Å². The fourth-order valence-corrected chi connectivity index (χ4v) is 2.44. The van der Waals surface area contributed by atoms with Crippen LogP contribution >= 0.6 is 11.6 Å². The van der Waals surface area contributed by atoms with E-state index in [1.807, 2.05) is 24.3 Å². The van der Waals surface area contributed by atoms with E-state index in [0.29, 0.717) is 16.7 Å². The summed E-state index contributed by atoms with van der Waals surface area (Å²) in [5, 5.41) is 1.72. The van der Waals surface area contributed by atoms with Gasteiger partial charge in [-0.1, -0.05) is 29.8 Å². The molecule has 0 atom stereocenters. The molecule has 0 aliphatic rings. The summed E-state index contributed by atoms with van der Waals surface area (Å²) in [6, 6.07) is 15.2. The van der Waals surface area contributed by atoms with E-state index in [-0.39, 0.29) is 0 Å². The molecular weight excluding hydrogens is 286 g/mol. The van der Waals surface area contributed by atoms with E-state index in [2.05, 4.69) is 15.0 Å². The highest BCUT2D eigenvalue weighted by Gasteiger charge is 2.11. The van der Waals surface area contributed by atoms with Gasteiger partial charge in [0.2, 0.25) is 5.88 Å². The number of ether oxygens (including phenoxy) is 1. The number of nitrogens with one attached hydrogen (secondary N) is 1. The molecule has 21 heavy (non-hydrogen) atoms. The van der Waals surface area contributed by atoms with E-state index in [0.717, 1.165) is 21.9 Å². The molecule has 0 saturated carbocycles. The van der Waals surface area contributed by atoms with Crippen molar-refractivity contribution in [2.24, 2.45) is 0 Å². The Morgan fingerprint density at radius 2 is 1.76 bits per heavy atom. The first-order valence-corrected chi connectivity index (χ1v) is 6.84. The van der Waals surface area contributed by atoms with Gasteiger partial charge in [0.15, 0.2) is 0 Å². The Labute approximate surface area is 125 Å². The van der Waals surface area contributed by atoms with Crippen molar-refractivity contribution in [3.8, 4) is 11.6 Å². The average molecular weight is 296 g/mol. The van der Waals surface area contributed by atoms with Crippen LogP contribution < -0.4 is 4.74 Å². The van der Waals surface area contributed by atoms with Gasteiger partial charge in [0.1, 0.15) is 23.1 Å². The molecule has 2 aromatic heterocycles. The molecule has 2 heterocycles. The summed E-state index contributed by atoms with van der Waals surface area (Å²) >= 11 is 5.88. The largest absolute Gasteiger partial charge is 0.437 e. The normalized spacial score (nSPS) is 11.1. The predicted octanol–water partition coefficient (Wildman–Crippen LogP) is 4.56. The highest BCUT2D eigenvalue weighted by molar-refractivity contribution is 6.30. The van der Waals surface area contributed by atoms with Gasteiger partial charge in [0.25, 0.3) is 0 Å². The third-order valence-corrected chi connectivity index (χ3v) is 3.53. The minimum atomic E-state index is 0.499. The van der Waals surface area contributed by atoms with Crippen LogP contribution in [0.25, 0.3) is 21.9 Å². The summed E-state index contributed by atoms with van der Waals surface area (Å²) in [7, 11) is 0. The summed E-state index contributed by atoms with van der Waals surface area (Å²) in [6.45, 7) is 0. The molecule has 0 saturated heterocycles. The number of nitrogens with zero attached hydrogens (tertiary/aromatic N) is 2. The summed E-state index contributed by atoms with van der Waals surface area (Å²) in [5.41, 5.74) is 2.65. The molecule has 0 aliphatic heterocycles. The molecule has 4 nitrogen and oxygen atoms in total. The molecule has 102 valence electrons. The van der Waals surface area contributed by atoms with Crippen molar-refractivity contribution in [3.63, 3.8) is 0 Å². The zero-order valence-corrected chi connectivity index (χ0v) is 11.6. The number of hydrogen-bond donors (Lipinski definition) is 1. The third-order valence-electron chi connectivity index (χ3n) is 3.28. The van der Waals surface area contributed by atoms with Crippen molar-refractivity contribution in [1.82, 2.24) is 15.0 Å². The van der Waals surface area contributed by atoms with Crippen LogP contribution in [0.2, 0.25) is 5.02 Å². The van der Waals surface area contributed by atoms with Crippen LogP contribution in [0.3, 0.4) is 0 Å². The first-order valence-electron chi connectivity index (χ1n) is 6.46. The zero-order valence-electron chi connectivity index (χ0n) is 10.9. The highest BCUT2D eigenvalue weighted by atomic mass is 35.5. The van der Waals surface area contributed by atoms with Gasteiger partial charge in [0, 0.05) is 15.9 Å². The van der Waals surface area contributed by atoms with Gasteiger partial charge in [-0.2, -0.15) is 4.98 Å². The quantitative estimate of drug-likeness (QED) is 0.590. The molecular formula is C16H10ClN3O. The lowest BCUT2D eigenvalue weighted by Gasteiger charge is -2.05. The lowest BCUT2D eigenvalue weighted by Crippen LogP contribution is -1.90. The maximum atomic E-state index is 5.88. The standard InChI is InChI=1S/C16H10ClN3O/c17-10-5-7-11(8-6-10)21-16-15-14(18-9-19-16)12-3-1-2-4-13(12)20-15/h1-9,20H. The third kappa shape index (κ3) is 2.10. The van der Waals surface area contributed by atoms with Gasteiger partial charge in [0.05, 0.1) is 0 Å². The van der Waals surface area contributed by atoms with Crippen LogP contribution in [0.1, 0.15) is 0 Å². The topological polar surface area (TPSA) is 50.8 Å². The Kier molecular flexibility index (Phi) is 2.75. The van der Waals surface area contributed by atoms with Crippen molar-refractivity contribution >= 4 is 33.5 Å². The second-order valence-electron chi connectivity index (χ2n) is 4.63. The fourth-order valence-electron chi connectivity index (χ4n) is 2.31. The molecule has 1 N–H and O–H groups in total. The summed E-state index contributed by atoms with van der Waals surface area (Å²) < 4.78 is 5.84. The van der Waals surface area contributed by atoms with E-state index in [9.17, 15) is 0 Å². The summed E-state index contributed by atoms with van der Waals surface area (Å²) in [5.74, 6) is 1.18. The molecule has 0 unspecified atom stereocenters. The minimum Gasteiger partial charge on any atom is -0.437 e. The van der Waals surface area contributed by atoms with E-state index < -0.39 is 0 Å². The number of benzene rings is 2. The summed E-state index contributed by atoms with van der Waals surface area (Å²) in [6.07, 6.45) is 1.51. The lowest BCUT2D eigenvalue weighted by molar-refractivity contribution is 0.467. The second kappa shape index (κ2) is 4.75. The molecule has 0 fully saturated rings. The van der Waals surface area contributed by atoms with Crippen molar-refractivity contribution in [2.75, 3.05) is 0 Å². The van der Waals surface area contributed by atoms with Gasteiger partial charge in [-0.25, -0.2) is 4.98 Å². The first kappa shape index (κ1) is 12.2. The maximum absolute atomic E-state index is 5.88. The van der Waals surface area contributed by atoms with Crippen LogP contribution in [0.15, 0.2) is 54.9 Å². The molecule has 0 radical (unpaired) electrons. The molecule has 0 amide bonds. The Bertz CT molecular complexity index is 931. The fraction of sp³-hybridized carbons (Fsp3) is 0. The summed E-state index contributed by atoms with van der Waals surface area (Å²) in [4.78, 5) is 11.9. The smallest absolute Gasteiger partial charge is 0.247 e. The average Bonchev–Trinajstić information content (AvgIpc) is 2.89. The number of H-pyrrole nitrogens is 1. The van der Waals surface area contributed by atoms with Crippen LogP contribution in [0, 0.1) is 0 Å². The number of rotatable bonds is 2. The Morgan fingerprint density at radius 1 is 0.952 bits per heavy atom. The van der Waals surface area contributed by atoms with E-state index in [1.165, 1.54) is 6.33 Å². The van der Waals surface area contributed by atoms with Crippen molar-refractivity contribution < 1.29 is 4.74 Å². The number of para-hydroxylation sites is 1. The zero-order chi connectivity index (χ0) is 14.2. The number of aromatic nitrogens is 3. The van der Waals surface area contributed by atoms with Gasteiger partial charge in [-0.05, 0) is 30.3 Å². The second-order valence-corrected chi connectivity index (χ2v) is 5.07. The van der Waals surface area contributed by atoms with Crippen molar-refractivity contribution in [3.05, 3.63) is 59.9 Å². The van der Waals surface area contributed by atoms with Crippen molar-refractivity contribution in [2.45, 2.75) is 0 Å². The molecule has 5 heteroatoms. The Balaban J connectivity index is 1.86. The molecule has 4 aromatic rings. The van der Waals surface area contributed by atoms with Crippen LogP contribution in [0.5, 0.6) is 11.6 Å². The monoisotopic (exact) mass is 295 g/mol. The highest BCUT2D eigenvalue weighted by Crippen LogP contribution is 2.31. The number of hydrogen-bond acceptors (Lipinski definition) is 3. The maximum Gasteiger partial charge on any atom is 0.247 e. The van der Waals surface area contributed by atoms with E-state index >= 15 is 0 Å². The number of aromatic amines is 1. The Hall–Kier alpha value is -2.59. The predicted molar refractivity (Wildman–Crippen MR) is 82.9 cm³/mol. The minimum absolute atomic E-state index is 0.499. The van der Waals surface area contributed by atoms with E-state index in [4.69, 9.17) is 16.3 Å². The molecule has 0 spiro atoms. The van der Waals surface area contributed by atoms with Gasteiger partial charge in [-0.3, -0.25) is 0 Å². The molecule has 0 bridgehead atoms. The molecule has 2 aromatic carbocycles. The van der Waals surface area contributed by atoms with Crippen LogP contribution in [0.4, 0.5) is 0 Å². The van der Waals surface area contributed by atoms with E-state index in [1.54, 1.807) is 24.3 Å². The Morgan fingerprint density at radius 3 is 2.62 bits per heavy atom. The first-order chi connectivity index (χ1) is 10.3. The molecule has 0 aliphatic carbocycles. The lowest BCUT2D eigenvalue weighted by atomic mass is 10.2.